The highest BCUT2D eigenvalue weighted by molar-refractivity contribution is 6.04. The fourth-order valence-corrected chi connectivity index (χ4v) is 4.72. The second-order valence-corrected chi connectivity index (χ2v) is 8.72. The lowest BCUT2D eigenvalue weighted by molar-refractivity contribution is -0.121. The Morgan fingerprint density at radius 3 is 2.69 bits per heavy atom. The SMILES string of the molecule is COc1ccc2c(c1)c1c(cnn1CC(=O)NCCNCC1CCCCCC1)c(=O)n2C. The zero-order chi connectivity index (χ0) is 22.5. The van der Waals surface area contributed by atoms with E-state index >= 15 is 0 Å². The van der Waals surface area contributed by atoms with E-state index in [0.29, 0.717) is 23.2 Å². The van der Waals surface area contributed by atoms with Gasteiger partial charge in [0.1, 0.15) is 12.3 Å². The van der Waals surface area contributed by atoms with Crippen LogP contribution in [0.15, 0.2) is 29.2 Å². The zero-order valence-corrected chi connectivity index (χ0v) is 19.0. The molecule has 0 saturated heterocycles. The molecule has 0 aliphatic heterocycles. The Morgan fingerprint density at radius 2 is 1.94 bits per heavy atom. The highest BCUT2D eigenvalue weighted by Gasteiger charge is 2.16. The molecular weight excluding hydrogens is 406 g/mol. The van der Waals surface area contributed by atoms with Crippen LogP contribution in [0.5, 0.6) is 5.75 Å². The summed E-state index contributed by atoms with van der Waals surface area (Å²) < 4.78 is 8.57. The molecule has 1 fully saturated rings. The van der Waals surface area contributed by atoms with Crippen molar-refractivity contribution >= 4 is 27.7 Å². The van der Waals surface area contributed by atoms with Crippen LogP contribution in [0.2, 0.25) is 0 Å². The standard InChI is InChI=1S/C24H33N5O3/c1-28-21-10-9-18(32-2)13-19(21)23-20(24(28)31)15-27-29(23)16-22(30)26-12-11-25-14-17-7-5-3-4-6-8-17/h9-10,13,15,17,25H,3-8,11-12,14,16H2,1-2H3,(H,26,30). The Labute approximate surface area is 187 Å². The molecule has 1 amide bonds. The van der Waals surface area contributed by atoms with E-state index in [1.807, 2.05) is 18.2 Å². The van der Waals surface area contributed by atoms with Gasteiger partial charge in [0.15, 0.2) is 0 Å². The minimum absolute atomic E-state index is 0.0611. The summed E-state index contributed by atoms with van der Waals surface area (Å²) in [7, 11) is 3.34. The van der Waals surface area contributed by atoms with Gasteiger partial charge in [-0.25, -0.2) is 0 Å². The highest BCUT2D eigenvalue weighted by Crippen LogP contribution is 2.26. The largest absolute Gasteiger partial charge is 0.497 e. The van der Waals surface area contributed by atoms with E-state index in [-0.39, 0.29) is 18.0 Å². The lowest BCUT2D eigenvalue weighted by atomic mass is 10.0. The molecular formula is C24H33N5O3. The molecule has 1 aliphatic carbocycles. The number of ether oxygens (including phenoxy) is 1. The number of hydrogen-bond acceptors (Lipinski definition) is 5. The second kappa shape index (κ2) is 10.2. The first-order valence-corrected chi connectivity index (χ1v) is 11.6. The number of nitrogens with zero attached hydrogens (tertiary/aromatic N) is 3. The molecule has 4 rings (SSSR count). The van der Waals surface area contributed by atoms with E-state index in [4.69, 9.17) is 4.74 Å². The lowest BCUT2D eigenvalue weighted by Gasteiger charge is -2.15. The first-order chi connectivity index (χ1) is 15.6. The van der Waals surface area contributed by atoms with Crippen molar-refractivity contribution < 1.29 is 9.53 Å². The van der Waals surface area contributed by atoms with Crippen molar-refractivity contribution in [3.8, 4) is 5.75 Å². The van der Waals surface area contributed by atoms with Gasteiger partial charge in [-0.1, -0.05) is 25.7 Å². The number of fused-ring (bicyclic) bond motifs is 3. The number of carbonyl (C=O) groups excluding carboxylic acids is 1. The maximum absolute atomic E-state index is 12.8. The summed E-state index contributed by atoms with van der Waals surface area (Å²) in [5, 5.41) is 12.1. The quantitative estimate of drug-likeness (QED) is 0.416. The van der Waals surface area contributed by atoms with Crippen LogP contribution >= 0.6 is 0 Å². The smallest absolute Gasteiger partial charge is 0.261 e. The van der Waals surface area contributed by atoms with Crippen LogP contribution in [-0.4, -0.2) is 47.0 Å². The highest BCUT2D eigenvalue weighted by atomic mass is 16.5. The van der Waals surface area contributed by atoms with Gasteiger partial charge in [-0.05, 0) is 43.5 Å². The number of amides is 1. The maximum Gasteiger partial charge on any atom is 0.261 e. The van der Waals surface area contributed by atoms with Gasteiger partial charge in [0, 0.05) is 25.5 Å². The molecule has 0 spiro atoms. The number of nitrogens with one attached hydrogen (secondary N) is 2. The van der Waals surface area contributed by atoms with Crippen molar-refractivity contribution in [2.45, 2.75) is 45.1 Å². The van der Waals surface area contributed by atoms with Gasteiger partial charge in [0.25, 0.3) is 5.56 Å². The van der Waals surface area contributed by atoms with Crippen LogP contribution in [0.25, 0.3) is 21.8 Å². The van der Waals surface area contributed by atoms with Gasteiger partial charge in [-0.3, -0.25) is 14.3 Å². The number of aryl methyl sites for hydroxylation is 1. The average Bonchev–Trinajstić information content (AvgIpc) is 3.03. The molecule has 172 valence electrons. The van der Waals surface area contributed by atoms with Crippen molar-refractivity contribution in [3.63, 3.8) is 0 Å². The van der Waals surface area contributed by atoms with Gasteiger partial charge in [-0.15, -0.1) is 0 Å². The summed E-state index contributed by atoms with van der Waals surface area (Å²) in [5.74, 6) is 1.33. The number of aromatic nitrogens is 3. The van der Waals surface area contributed by atoms with Crippen LogP contribution in [0.1, 0.15) is 38.5 Å². The van der Waals surface area contributed by atoms with Gasteiger partial charge >= 0.3 is 0 Å². The van der Waals surface area contributed by atoms with Crippen LogP contribution in [0.3, 0.4) is 0 Å². The summed E-state index contributed by atoms with van der Waals surface area (Å²) >= 11 is 0. The van der Waals surface area contributed by atoms with Crippen molar-refractivity contribution in [1.82, 2.24) is 25.0 Å². The summed E-state index contributed by atoms with van der Waals surface area (Å²) in [6, 6.07) is 5.56. The summed E-state index contributed by atoms with van der Waals surface area (Å²) in [5.41, 5.74) is 1.30. The fourth-order valence-electron chi connectivity index (χ4n) is 4.72. The Kier molecular flexibility index (Phi) is 7.09. The Hall–Kier alpha value is -2.87. The number of rotatable bonds is 8. The molecule has 32 heavy (non-hydrogen) atoms. The van der Waals surface area contributed by atoms with Crippen molar-refractivity contribution in [2.75, 3.05) is 26.7 Å². The first kappa shape index (κ1) is 22.3. The van der Waals surface area contributed by atoms with Gasteiger partial charge in [0.2, 0.25) is 5.91 Å². The molecule has 2 aromatic heterocycles. The molecule has 3 aromatic rings. The number of benzene rings is 1. The fraction of sp³-hybridized carbons (Fsp3) is 0.542. The monoisotopic (exact) mass is 439 g/mol. The third-order valence-corrected chi connectivity index (χ3v) is 6.52. The van der Waals surface area contributed by atoms with E-state index in [9.17, 15) is 9.59 Å². The molecule has 8 nitrogen and oxygen atoms in total. The minimum atomic E-state index is -0.132. The molecule has 1 aromatic carbocycles. The van der Waals surface area contributed by atoms with Crippen molar-refractivity contribution in [1.29, 1.82) is 0 Å². The molecule has 0 unspecified atom stereocenters. The summed E-state index contributed by atoms with van der Waals surface area (Å²) in [6.07, 6.45) is 9.56. The lowest BCUT2D eigenvalue weighted by Crippen LogP contribution is -2.35. The van der Waals surface area contributed by atoms with E-state index in [1.165, 1.54) is 44.7 Å². The zero-order valence-electron chi connectivity index (χ0n) is 19.0. The molecule has 0 bridgehead atoms. The Balaban J connectivity index is 1.40. The first-order valence-electron chi connectivity index (χ1n) is 11.6. The molecule has 1 aliphatic rings. The molecule has 8 heteroatoms. The number of hydrogen-bond donors (Lipinski definition) is 2. The van der Waals surface area contributed by atoms with Crippen molar-refractivity contribution in [2.24, 2.45) is 13.0 Å². The van der Waals surface area contributed by atoms with Crippen molar-refractivity contribution in [3.05, 3.63) is 34.7 Å². The van der Waals surface area contributed by atoms with E-state index in [1.54, 1.807) is 23.4 Å². The number of carbonyl (C=O) groups is 1. The van der Waals surface area contributed by atoms with Crippen LogP contribution < -0.4 is 20.9 Å². The predicted molar refractivity (Wildman–Crippen MR) is 126 cm³/mol. The van der Waals surface area contributed by atoms with Crippen LogP contribution in [0.4, 0.5) is 0 Å². The van der Waals surface area contributed by atoms with Gasteiger partial charge < -0.3 is 19.9 Å². The predicted octanol–water partition coefficient (Wildman–Crippen LogP) is 2.57. The van der Waals surface area contributed by atoms with Gasteiger partial charge in [0.05, 0.1) is 29.7 Å². The third-order valence-electron chi connectivity index (χ3n) is 6.52. The topological polar surface area (TPSA) is 90.2 Å². The Morgan fingerprint density at radius 1 is 1.16 bits per heavy atom. The van der Waals surface area contributed by atoms with E-state index in [0.717, 1.165) is 29.9 Å². The van der Waals surface area contributed by atoms with Crippen LogP contribution in [-0.2, 0) is 18.4 Å². The number of pyridine rings is 1. The third kappa shape index (κ3) is 4.80. The second-order valence-electron chi connectivity index (χ2n) is 8.72. The average molecular weight is 440 g/mol. The number of methoxy groups -OCH3 is 1. The normalized spacial score (nSPS) is 15.2. The summed E-state index contributed by atoms with van der Waals surface area (Å²) in [6.45, 7) is 2.41. The van der Waals surface area contributed by atoms with E-state index in [2.05, 4.69) is 15.7 Å². The summed E-state index contributed by atoms with van der Waals surface area (Å²) in [4.78, 5) is 25.3. The molecule has 2 heterocycles. The molecule has 0 radical (unpaired) electrons. The minimum Gasteiger partial charge on any atom is -0.497 e. The molecule has 0 atom stereocenters. The van der Waals surface area contributed by atoms with Gasteiger partial charge in [-0.2, -0.15) is 5.10 Å². The van der Waals surface area contributed by atoms with Crippen LogP contribution in [0, 0.1) is 5.92 Å². The molecule has 2 N–H and O–H groups in total. The Bertz CT molecular complexity index is 1140. The maximum atomic E-state index is 12.8. The van der Waals surface area contributed by atoms with E-state index < -0.39 is 0 Å². The molecule has 1 saturated carbocycles.